The molecule has 1 unspecified atom stereocenters. The first kappa shape index (κ1) is 41.0. The Morgan fingerprint density at radius 2 is 1.46 bits per heavy atom. The van der Waals surface area contributed by atoms with Crippen LogP contribution in [0.1, 0.15) is 92.2 Å². The van der Waals surface area contributed by atoms with Gasteiger partial charge in [0.25, 0.3) is 17.4 Å². The van der Waals surface area contributed by atoms with Crippen LogP contribution in [0.2, 0.25) is 0 Å². The van der Waals surface area contributed by atoms with E-state index in [2.05, 4.69) is 20.4 Å². The zero-order valence-corrected chi connectivity index (χ0v) is 33.6. The number of aromatic amines is 1. The summed E-state index contributed by atoms with van der Waals surface area (Å²) in [6.07, 6.45) is 8.79. The molecule has 2 saturated carbocycles. The molecule has 8 rings (SSSR count). The zero-order valence-electron chi connectivity index (χ0n) is 33.6. The average molecular weight is 816 g/mol. The molecule has 3 saturated heterocycles. The molecule has 0 bridgehead atoms. The lowest BCUT2D eigenvalue weighted by Gasteiger charge is -2.40. The standard InChI is InChI=1S/C44H55F2N7O6/c45-36-11-10-29(27-37-33-8-4-5-9-34(33)40(55)49-48-37)26-35(36)41(56)53-24-22-51(23-25-53)38(54)28-50-18-12-31(13-19-50)59-32-14-20-52(21-15-32)42(57)39(30-6-2-1-3-7-30)47-43(58)44(46)16-17-44/h4-5,8-11,26,30-32,39H,1-3,6-7,12-25,27-28H2,(H,47,58)(H,49,55). The lowest BCUT2D eigenvalue weighted by molar-refractivity contribution is -0.143. The number of nitrogens with zero attached hydrogens (tertiary/aromatic N) is 5. The molecule has 59 heavy (non-hydrogen) atoms. The summed E-state index contributed by atoms with van der Waals surface area (Å²) < 4.78 is 36.1. The number of aromatic nitrogens is 2. The summed E-state index contributed by atoms with van der Waals surface area (Å²) in [5, 5.41) is 10.8. The summed E-state index contributed by atoms with van der Waals surface area (Å²) >= 11 is 0. The summed E-state index contributed by atoms with van der Waals surface area (Å²) in [6, 6.07) is 10.9. The first-order valence-corrected chi connectivity index (χ1v) is 21.5. The first-order valence-electron chi connectivity index (χ1n) is 21.5. The van der Waals surface area contributed by atoms with Crippen molar-refractivity contribution >= 4 is 34.4 Å². The number of carbonyl (C=O) groups excluding carboxylic acids is 4. The van der Waals surface area contributed by atoms with Crippen molar-refractivity contribution in [2.75, 3.05) is 58.9 Å². The second kappa shape index (κ2) is 17.8. The number of hydrogen-bond donors (Lipinski definition) is 2. The van der Waals surface area contributed by atoms with Crippen molar-refractivity contribution < 1.29 is 32.7 Å². The molecule has 5 fully saturated rings. The molecule has 1 atom stereocenters. The second-order valence-corrected chi connectivity index (χ2v) is 17.2. The number of likely N-dealkylation sites (tertiary alicyclic amines) is 2. The number of hydrogen-bond acceptors (Lipinski definition) is 8. The van der Waals surface area contributed by atoms with Crippen molar-refractivity contribution in [3.63, 3.8) is 0 Å². The maximum Gasteiger partial charge on any atom is 0.272 e. The van der Waals surface area contributed by atoms with Crippen LogP contribution in [0.25, 0.3) is 10.8 Å². The minimum Gasteiger partial charge on any atom is -0.375 e. The van der Waals surface area contributed by atoms with Crippen molar-refractivity contribution in [2.24, 2.45) is 5.92 Å². The minimum absolute atomic E-state index is 0.00356. The number of piperidine rings is 2. The fourth-order valence-corrected chi connectivity index (χ4v) is 9.31. The van der Waals surface area contributed by atoms with Gasteiger partial charge in [-0.05, 0) is 81.0 Å². The summed E-state index contributed by atoms with van der Waals surface area (Å²) in [7, 11) is 0. The third-order valence-electron chi connectivity index (χ3n) is 13.1. The highest BCUT2D eigenvalue weighted by Gasteiger charge is 2.52. The molecular weight excluding hydrogens is 761 g/mol. The van der Waals surface area contributed by atoms with Crippen LogP contribution in [0.5, 0.6) is 0 Å². The van der Waals surface area contributed by atoms with Crippen molar-refractivity contribution in [3.05, 3.63) is 75.5 Å². The Bertz CT molecular complexity index is 2080. The van der Waals surface area contributed by atoms with Crippen LogP contribution in [0.3, 0.4) is 0 Å². The van der Waals surface area contributed by atoms with Gasteiger partial charge in [-0.3, -0.25) is 28.9 Å². The Balaban J connectivity index is 0.758. The Morgan fingerprint density at radius 1 is 0.814 bits per heavy atom. The summed E-state index contributed by atoms with van der Waals surface area (Å²) in [4.78, 5) is 72.7. The van der Waals surface area contributed by atoms with Crippen LogP contribution in [0, 0.1) is 11.7 Å². The molecule has 15 heteroatoms. The number of piperazine rings is 1. The number of benzene rings is 2. The summed E-state index contributed by atoms with van der Waals surface area (Å²) in [5.41, 5.74) is -0.820. The number of amides is 4. The number of fused-ring (bicyclic) bond motifs is 1. The molecule has 3 aliphatic heterocycles. The summed E-state index contributed by atoms with van der Waals surface area (Å²) in [6.45, 7) is 4.16. The fraction of sp³-hybridized carbons (Fsp3) is 0.591. The van der Waals surface area contributed by atoms with Crippen molar-refractivity contribution in [2.45, 2.75) is 101 Å². The van der Waals surface area contributed by atoms with Crippen molar-refractivity contribution in [1.82, 2.24) is 35.1 Å². The maximum absolute atomic E-state index is 15.0. The van der Waals surface area contributed by atoms with E-state index in [9.17, 15) is 28.4 Å². The molecule has 4 heterocycles. The first-order chi connectivity index (χ1) is 28.5. The lowest BCUT2D eigenvalue weighted by Crippen LogP contribution is -2.56. The van der Waals surface area contributed by atoms with Crippen molar-refractivity contribution in [1.29, 1.82) is 0 Å². The highest BCUT2D eigenvalue weighted by molar-refractivity contribution is 5.95. The SMILES string of the molecule is O=C(CN1CCC(OC2CCN(C(=O)C(NC(=O)C3(F)CC3)C3CCCCC3)CC2)CC1)N1CCN(C(=O)c2cc(Cc3n[nH]c(=O)c4ccccc34)ccc2F)CC1. The molecule has 13 nitrogen and oxygen atoms in total. The van der Waals surface area contributed by atoms with Crippen LogP contribution in [-0.4, -0.2) is 136 Å². The zero-order chi connectivity index (χ0) is 41.1. The molecule has 0 radical (unpaired) electrons. The maximum atomic E-state index is 15.0. The van der Waals surface area contributed by atoms with E-state index in [1.165, 1.54) is 6.07 Å². The van der Waals surface area contributed by atoms with Gasteiger partial charge in [-0.15, -0.1) is 0 Å². The molecule has 316 valence electrons. The van der Waals surface area contributed by atoms with E-state index in [1.54, 1.807) is 34.1 Å². The highest BCUT2D eigenvalue weighted by atomic mass is 19.1. The normalized spacial score (nSPS) is 21.4. The molecule has 2 N–H and O–H groups in total. The Kier molecular flexibility index (Phi) is 12.4. The largest absolute Gasteiger partial charge is 0.375 e. The molecule has 4 amide bonds. The molecular formula is C44H55F2N7O6. The van der Waals surface area contributed by atoms with Gasteiger partial charge in [-0.25, -0.2) is 13.9 Å². The van der Waals surface area contributed by atoms with Gasteiger partial charge in [0, 0.05) is 64.2 Å². The molecule has 1 aromatic heterocycles. The number of rotatable bonds is 11. The molecule has 3 aromatic rings. The van der Waals surface area contributed by atoms with Crippen molar-refractivity contribution in [3.8, 4) is 0 Å². The fourth-order valence-electron chi connectivity index (χ4n) is 9.31. The third-order valence-corrected chi connectivity index (χ3v) is 13.1. The van der Waals surface area contributed by atoms with Crippen LogP contribution in [0.15, 0.2) is 47.3 Å². The molecule has 5 aliphatic rings. The van der Waals surface area contributed by atoms with E-state index >= 15 is 4.39 Å². The van der Waals surface area contributed by atoms with E-state index in [1.807, 2.05) is 17.0 Å². The minimum atomic E-state index is -1.81. The van der Waals surface area contributed by atoms with Gasteiger partial charge in [-0.1, -0.05) is 43.5 Å². The van der Waals surface area contributed by atoms with Gasteiger partial charge in [0.1, 0.15) is 11.9 Å². The summed E-state index contributed by atoms with van der Waals surface area (Å²) in [5.74, 6) is -1.71. The van der Waals surface area contributed by atoms with Gasteiger partial charge >= 0.3 is 0 Å². The Labute approximate surface area is 342 Å². The van der Waals surface area contributed by atoms with E-state index in [0.29, 0.717) is 80.6 Å². The van der Waals surface area contributed by atoms with Crippen LogP contribution >= 0.6 is 0 Å². The van der Waals surface area contributed by atoms with Crippen LogP contribution in [0.4, 0.5) is 8.78 Å². The number of nitrogens with one attached hydrogen (secondary N) is 2. The molecule has 0 spiro atoms. The highest BCUT2D eigenvalue weighted by Crippen LogP contribution is 2.40. The predicted octanol–water partition coefficient (Wildman–Crippen LogP) is 3.98. The van der Waals surface area contributed by atoms with Crippen LogP contribution < -0.4 is 10.9 Å². The number of H-pyrrole nitrogens is 1. The quantitative estimate of drug-likeness (QED) is 0.296. The second-order valence-electron chi connectivity index (χ2n) is 17.2. The van der Waals surface area contributed by atoms with E-state index < -0.39 is 29.3 Å². The lowest BCUT2D eigenvalue weighted by atomic mass is 9.83. The van der Waals surface area contributed by atoms with Gasteiger partial charge in [0.2, 0.25) is 11.8 Å². The number of ether oxygens (including phenoxy) is 1. The smallest absolute Gasteiger partial charge is 0.272 e. The number of halogens is 2. The topological polar surface area (TPSA) is 148 Å². The Hall–Kier alpha value is -4.76. The number of carbonyl (C=O) groups is 4. The van der Waals surface area contributed by atoms with E-state index in [-0.39, 0.29) is 60.4 Å². The van der Waals surface area contributed by atoms with Gasteiger partial charge in [0.15, 0.2) is 5.67 Å². The average Bonchev–Trinajstić information content (AvgIpc) is 4.03. The third kappa shape index (κ3) is 9.51. The van der Waals surface area contributed by atoms with E-state index in [4.69, 9.17) is 4.74 Å². The van der Waals surface area contributed by atoms with Gasteiger partial charge in [0.05, 0.1) is 35.4 Å². The molecule has 2 aromatic carbocycles. The Morgan fingerprint density at radius 3 is 2.14 bits per heavy atom. The number of alkyl halides is 1. The monoisotopic (exact) mass is 815 g/mol. The predicted molar refractivity (Wildman–Crippen MR) is 216 cm³/mol. The van der Waals surface area contributed by atoms with Gasteiger partial charge in [-0.2, -0.15) is 5.10 Å². The van der Waals surface area contributed by atoms with E-state index in [0.717, 1.165) is 58.0 Å². The van der Waals surface area contributed by atoms with Crippen LogP contribution in [-0.2, 0) is 25.5 Å². The van der Waals surface area contributed by atoms with Gasteiger partial charge < -0.3 is 24.8 Å². The molecule has 2 aliphatic carbocycles.